The third kappa shape index (κ3) is 1.66. The number of nitrogens with one attached hydrogen (secondary N) is 1. The number of nitrogens with zero attached hydrogens (tertiary/aromatic N) is 2. The van der Waals surface area contributed by atoms with Crippen molar-refractivity contribution in [1.29, 1.82) is 0 Å². The quantitative estimate of drug-likeness (QED) is 0.314. The van der Waals surface area contributed by atoms with Crippen molar-refractivity contribution in [2.75, 3.05) is 12.4 Å². The average molecular weight is 183 g/mol. The lowest BCUT2D eigenvalue weighted by Gasteiger charge is -2.09. The van der Waals surface area contributed by atoms with E-state index < -0.39 is 4.92 Å². The fourth-order valence-corrected chi connectivity index (χ4v) is 0.982. The van der Waals surface area contributed by atoms with E-state index in [-0.39, 0.29) is 11.5 Å². The Morgan fingerprint density at radius 2 is 2.15 bits per heavy atom. The van der Waals surface area contributed by atoms with Crippen LogP contribution in [0.2, 0.25) is 0 Å². The first-order valence-corrected chi connectivity index (χ1v) is 3.62. The van der Waals surface area contributed by atoms with Gasteiger partial charge in [-0.1, -0.05) is 0 Å². The Morgan fingerprint density at radius 3 is 2.62 bits per heavy atom. The summed E-state index contributed by atoms with van der Waals surface area (Å²) in [5.41, 5.74) is 0.201. The van der Waals surface area contributed by atoms with Gasteiger partial charge in [-0.15, -0.1) is 0 Å². The molecular formula is C7H9N3O3. The van der Waals surface area contributed by atoms with Crippen LogP contribution in [-0.4, -0.2) is 12.0 Å². The Hall–Kier alpha value is -1.85. The molecule has 0 spiro atoms. The summed E-state index contributed by atoms with van der Waals surface area (Å²) in [5.74, 6) is 0.173. The van der Waals surface area contributed by atoms with E-state index in [1.807, 2.05) is 0 Å². The minimum Gasteiger partial charge on any atom is -0.710 e. The zero-order valence-electron chi connectivity index (χ0n) is 7.27. The van der Waals surface area contributed by atoms with E-state index in [4.69, 9.17) is 0 Å². The lowest BCUT2D eigenvalue weighted by atomic mass is 10.3. The molecule has 0 aromatic carbocycles. The molecule has 1 N–H and O–H groups in total. The highest BCUT2D eigenvalue weighted by Crippen LogP contribution is 2.14. The van der Waals surface area contributed by atoms with Gasteiger partial charge in [-0.2, -0.15) is 0 Å². The van der Waals surface area contributed by atoms with Gasteiger partial charge in [0.25, 0.3) is 11.5 Å². The van der Waals surface area contributed by atoms with Gasteiger partial charge < -0.3 is 5.21 Å². The van der Waals surface area contributed by atoms with Crippen molar-refractivity contribution in [2.45, 2.75) is 6.92 Å². The molecule has 6 heteroatoms. The maximum atomic E-state index is 11.2. The van der Waals surface area contributed by atoms with E-state index in [9.17, 15) is 15.3 Å². The summed E-state index contributed by atoms with van der Waals surface area (Å²) < 4.78 is 0.604. The number of rotatable bonds is 2. The standard InChI is InChI=1S/C7H9N3O3/c1-5-3-6(10(12)13)4-7(8-2)9(5)11/h3-4,8H,1-2H3. The molecule has 13 heavy (non-hydrogen) atoms. The molecule has 0 saturated heterocycles. The zero-order valence-corrected chi connectivity index (χ0v) is 7.27. The minimum atomic E-state index is -0.534. The molecule has 0 bridgehead atoms. The highest BCUT2D eigenvalue weighted by molar-refractivity contribution is 5.41. The van der Waals surface area contributed by atoms with Crippen LogP contribution < -0.4 is 10.0 Å². The summed E-state index contributed by atoms with van der Waals surface area (Å²) >= 11 is 0. The van der Waals surface area contributed by atoms with E-state index in [1.165, 1.54) is 26.1 Å². The van der Waals surface area contributed by atoms with Crippen LogP contribution in [-0.2, 0) is 0 Å². The van der Waals surface area contributed by atoms with Gasteiger partial charge in [-0.3, -0.25) is 15.4 Å². The molecule has 0 aliphatic rings. The maximum Gasteiger partial charge on any atom is 0.284 e. The molecule has 70 valence electrons. The van der Waals surface area contributed by atoms with Crippen molar-refractivity contribution in [3.8, 4) is 0 Å². The normalized spacial score (nSPS) is 9.69. The number of anilines is 1. The van der Waals surface area contributed by atoms with E-state index in [0.29, 0.717) is 10.4 Å². The van der Waals surface area contributed by atoms with Crippen LogP contribution in [0, 0.1) is 22.2 Å². The molecule has 0 aliphatic heterocycles. The first-order valence-electron chi connectivity index (χ1n) is 3.62. The molecule has 1 rings (SSSR count). The van der Waals surface area contributed by atoms with Crippen molar-refractivity contribution in [2.24, 2.45) is 0 Å². The molecule has 1 aromatic heterocycles. The van der Waals surface area contributed by atoms with Crippen LogP contribution in [0.5, 0.6) is 0 Å². The van der Waals surface area contributed by atoms with Crippen molar-refractivity contribution >= 4 is 11.5 Å². The number of hydrogen-bond donors (Lipinski definition) is 1. The summed E-state index contributed by atoms with van der Waals surface area (Å²) in [6.07, 6.45) is 0. The fraction of sp³-hybridized carbons (Fsp3) is 0.286. The van der Waals surface area contributed by atoms with E-state index in [1.54, 1.807) is 0 Å². The largest absolute Gasteiger partial charge is 0.710 e. The van der Waals surface area contributed by atoms with Gasteiger partial charge in [0.2, 0.25) is 0 Å². The number of aryl methyl sites for hydroxylation is 1. The number of hydrogen-bond acceptors (Lipinski definition) is 4. The minimum absolute atomic E-state index is 0.0889. The number of pyridine rings is 1. The fourth-order valence-electron chi connectivity index (χ4n) is 0.982. The van der Waals surface area contributed by atoms with Crippen molar-refractivity contribution in [3.05, 3.63) is 33.1 Å². The summed E-state index contributed by atoms with van der Waals surface area (Å²) in [6, 6.07) is 2.42. The summed E-state index contributed by atoms with van der Waals surface area (Å²) in [5, 5.41) is 24.2. The molecule has 0 fully saturated rings. The molecule has 1 heterocycles. The van der Waals surface area contributed by atoms with Gasteiger partial charge in [0.15, 0.2) is 0 Å². The van der Waals surface area contributed by atoms with Gasteiger partial charge in [-0.05, 0) is 6.92 Å². The third-order valence-corrected chi connectivity index (χ3v) is 1.65. The predicted octanol–water partition coefficient (Wildman–Crippen LogP) is 0.578. The first-order chi connectivity index (χ1) is 6.06. The third-order valence-electron chi connectivity index (χ3n) is 1.65. The van der Waals surface area contributed by atoms with Crippen LogP contribution in [0.4, 0.5) is 11.5 Å². The molecular weight excluding hydrogens is 174 g/mol. The molecule has 0 radical (unpaired) electrons. The summed E-state index contributed by atoms with van der Waals surface area (Å²) in [7, 11) is 1.53. The first kappa shape index (κ1) is 9.24. The second-order valence-electron chi connectivity index (χ2n) is 2.54. The Bertz CT molecular complexity index is 351. The molecule has 0 atom stereocenters. The van der Waals surface area contributed by atoms with E-state index >= 15 is 0 Å². The van der Waals surface area contributed by atoms with Crippen LogP contribution in [0.3, 0.4) is 0 Å². The SMILES string of the molecule is CNc1cc([N+](=O)[O-])cc(C)[n+]1[O-]. The van der Waals surface area contributed by atoms with Gasteiger partial charge in [-0.25, -0.2) is 4.73 Å². The average Bonchev–Trinajstić information content (AvgIpc) is 2.09. The lowest BCUT2D eigenvalue weighted by Crippen LogP contribution is -2.33. The molecule has 6 nitrogen and oxygen atoms in total. The van der Waals surface area contributed by atoms with Crippen molar-refractivity contribution in [1.82, 2.24) is 0 Å². The number of aromatic nitrogens is 1. The van der Waals surface area contributed by atoms with Gasteiger partial charge >= 0.3 is 0 Å². The van der Waals surface area contributed by atoms with E-state index in [0.717, 1.165) is 0 Å². The summed E-state index contributed by atoms with van der Waals surface area (Å²) in [4.78, 5) is 9.87. The topological polar surface area (TPSA) is 82.1 Å². The van der Waals surface area contributed by atoms with Crippen LogP contribution in [0.25, 0.3) is 0 Å². The molecule has 1 aromatic rings. The molecule has 0 saturated carbocycles. The zero-order chi connectivity index (χ0) is 10.0. The molecule has 0 amide bonds. The van der Waals surface area contributed by atoms with Crippen molar-refractivity contribution < 1.29 is 9.65 Å². The lowest BCUT2D eigenvalue weighted by molar-refractivity contribution is -0.598. The van der Waals surface area contributed by atoms with Crippen molar-refractivity contribution in [3.63, 3.8) is 0 Å². The van der Waals surface area contributed by atoms with E-state index in [2.05, 4.69) is 5.32 Å². The Balaban J connectivity index is 3.30. The second-order valence-corrected chi connectivity index (χ2v) is 2.54. The Morgan fingerprint density at radius 1 is 1.54 bits per heavy atom. The second kappa shape index (κ2) is 3.26. The highest BCUT2D eigenvalue weighted by Gasteiger charge is 2.13. The van der Waals surface area contributed by atoms with Gasteiger partial charge in [0, 0.05) is 0 Å². The predicted molar refractivity (Wildman–Crippen MR) is 46.3 cm³/mol. The maximum absolute atomic E-state index is 11.2. The number of nitro groups is 1. The highest BCUT2D eigenvalue weighted by atomic mass is 16.6. The molecule has 0 aliphatic carbocycles. The smallest absolute Gasteiger partial charge is 0.284 e. The van der Waals surface area contributed by atoms with Crippen LogP contribution in [0.1, 0.15) is 5.69 Å². The van der Waals surface area contributed by atoms with Gasteiger partial charge in [0.1, 0.15) is 11.8 Å². The van der Waals surface area contributed by atoms with Gasteiger partial charge in [0.05, 0.1) is 18.0 Å². The summed E-state index contributed by atoms with van der Waals surface area (Å²) in [6.45, 7) is 1.51. The monoisotopic (exact) mass is 183 g/mol. The van der Waals surface area contributed by atoms with Crippen LogP contribution in [0.15, 0.2) is 12.1 Å². The van der Waals surface area contributed by atoms with Crippen LogP contribution >= 0.6 is 0 Å². The molecule has 0 unspecified atom stereocenters. The Labute approximate surface area is 74.5 Å². The Kier molecular flexibility index (Phi) is 2.32.